The Labute approximate surface area is 190 Å². The first-order valence-electron chi connectivity index (χ1n) is 11.0. The molecule has 0 fully saturated rings. The fourth-order valence-corrected chi connectivity index (χ4v) is 4.50. The number of nitrogens with zero attached hydrogens (tertiary/aromatic N) is 2. The molecule has 2 N–H and O–H groups in total. The van der Waals surface area contributed by atoms with Gasteiger partial charge in [-0.1, -0.05) is 24.3 Å². The second-order valence-corrected chi connectivity index (χ2v) is 8.20. The topological polar surface area (TPSA) is 76.4 Å². The second kappa shape index (κ2) is 8.58. The first-order chi connectivity index (χ1) is 16.0. The molecule has 6 nitrogen and oxygen atoms in total. The Morgan fingerprint density at radius 3 is 2.94 bits per heavy atom. The second-order valence-electron chi connectivity index (χ2n) is 8.20. The maximum Gasteiger partial charge on any atom is 0.221 e. The summed E-state index contributed by atoms with van der Waals surface area (Å²) in [5.74, 6) is -0.288. The van der Waals surface area contributed by atoms with E-state index in [1.165, 1.54) is 17.7 Å². The first-order valence-corrected chi connectivity index (χ1v) is 11.0. The molecule has 7 heteroatoms. The molecule has 3 aromatic carbocycles. The number of nitrogens with one attached hydrogen (secondary N) is 1. The molecule has 33 heavy (non-hydrogen) atoms. The summed E-state index contributed by atoms with van der Waals surface area (Å²) in [6.45, 7) is 0.506. The zero-order chi connectivity index (χ0) is 22.9. The lowest BCUT2D eigenvalue weighted by molar-refractivity contribution is -0.120. The number of benzene rings is 3. The largest absolute Gasteiger partial charge is 0.505 e. The molecule has 0 bridgehead atoms. The molecule has 1 aliphatic carbocycles. The van der Waals surface area contributed by atoms with Gasteiger partial charge in [0.1, 0.15) is 11.9 Å². The SMILES string of the molecule is CNC(=O)CCn1ncc2cc(OC3CCc4cccc(-c5ccc(O)c(F)c5)c43)ccc21. The van der Waals surface area contributed by atoms with Crippen molar-refractivity contribution in [2.24, 2.45) is 0 Å². The number of phenolic OH excluding ortho intramolecular Hbond substituents is 1. The Kier molecular flexibility index (Phi) is 5.46. The van der Waals surface area contributed by atoms with Crippen molar-refractivity contribution in [2.75, 3.05) is 7.05 Å². The van der Waals surface area contributed by atoms with Gasteiger partial charge in [0.15, 0.2) is 11.6 Å². The van der Waals surface area contributed by atoms with Crippen LogP contribution in [0.1, 0.15) is 30.1 Å². The minimum Gasteiger partial charge on any atom is -0.505 e. The maximum atomic E-state index is 14.0. The average molecular weight is 445 g/mol. The van der Waals surface area contributed by atoms with Gasteiger partial charge < -0.3 is 15.2 Å². The van der Waals surface area contributed by atoms with Crippen molar-refractivity contribution < 1.29 is 19.0 Å². The van der Waals surface area contributed by atoms with Crippen LogP contribution >= 0.6 is 0 Å². The highest BCUT2D eigenvalue weighted by atomic mass is 19.1. The van der Waals surface area contributed by atoms with Crippen molar-refractivity contribution in [1.29, 1.82) is 0 Å². The summed E-state index contributed by atoms with van der Waals surface area (Å²) in [6, 6.07) is 16.3. The molecule has 1 aliphatic rings. The number of fused-ring (bicyclic) bond motifs is 2. The number of halogens is 1. The summed E-state index contributed by atoms with van der Waals surface area (Å²) in [7, 11) is 1.62. The van der Waals surface area contributed by atoms with Crippen LogP contribution in [0.15, 0.2) is 60.8 Å². The summed E-state index contributed by atoms with van der Waals surface area (Å²) in [4.78, 5) is 11.6. The number of ether oxygens (including phenoxy) is 1. The number of carbonyl (C=O) groups excluding carboxylic acids is 1. The Morgan fingerprint density at radius 1 is 1.24 bits per heavy atom. The minimum absolute atomic E-state index is 0.0252. The fraction of sp³-hybridized carbons (Fsp3) is 0.231. The van der Waals surface area contributed by atoms with Crippen LogP contribution < -0.4 is 10.1 Å². The Balaban J connectivity index is 1.42. The van der Waals surface area contributed by atoms with Crippen molar-refractivity contribution >= 4 is 16.8 Å². The molecule has 1 amide bonds. The van der Waals surface area contributed by atoms with Crippen molar-refractivity contribution in [2.45, 2.75) is 31.9 Å². The van der Waals surface area contributed by atoms with Crippen LogP contribution in [0.2, 0.25) is 0 Å². The zero-order valence-electron chi connectivity index (χ0n) is 18.2. The predicted octanol–water partition coefficient (Wildman–Crippen LogP) is 4.75. The number of hydrogen-bond donors (Lipinski definition) is 2. The number of aromatic nitrogens is 2. The molecule has 1 aromatic heterocycles. The number of hydrogen-bond acceptors (Lipinski definition) is 4. The molecule has 0 radical (unpaired) electrons. The molecule has 0 aliphatic heterocycles. The van der Waals surface area contributed by atoms with Crippen LogP contribution in [-0.2, 0) is 17.8 Å². The fourth-order valence-electron chi connectivity index (χ4n) is 4.50. The quantitative estimate of drug-likeness (QED) is 0.449. The van der Waals surface area contributed by atoms with Crippen LogP contribution in [0.5, 0.6) is 11.5 Å². The van der Waals surface area contributed by atoms with E-state index in [1.54, 1.807) is 19.3 Å². The van der Waals surface area contributed by atoms with Crippen molar-refractivity contribution in [1.82, 2.24) is 15.1 Å². The van der Waals surface area contributed by atoms with E-state index in [4.69, 9.17) is 4.74 Å². The van der Waals surface area contributed by atoms with Crippen molar-refractivity contribution in [3.8, 4) is 22.6 Å². The van der Waals surface area contributed by atoms with Gasteiger partial charge in [-0.2, -0.15) is 5.10 Å². The summed E-state index contributed by atoms with van der Waals surface area (Å²) in [5, 5.41) is 17.5. The molecular weight excluding hydrogens is 421 g/mol. The summed E-state index contributed by atoms with van der Waals surface area (Å²) < 4.78 is 22.2. The van der Waals surface area contributed by atoms with Crippen LogP contribution in [0.3, 0.4) is 0 Å². The van der Waals surface area contributed by atoms with Gasteiger partial charge in [-0.15, -0.1) is 0 Å². The lowest BCUT2D eigenvalue weighted by Gasteiger charge is -2.19. The Hall–Kier alpha value is -3.87. The number of rotatable bonds is 6. The third-order valence-electron chi connectivity index (χ3n) is 6.17. The van der Waals surface area contributed by atoms with E-state index >= 15 is 0 Å². The number of aromatic hydroxyl groups is 1. The lowest BCUT2D eigenvalue weighted by atomic mass is 9.95. The van der Waals surface area contributed by atoms with Gasteiger partial charge in [0.25, 0.3) is 0 Å². The van der Waals surface area contributed by atoms with Crippen LogP contribution in [0.25, 0.3) is 22.0 Å². The van der Waals surface area contributed by atoms with E-state index in [0.717, 1.165) is 40.6 Å². The number of amides is 1. The summed E-state index contributed by atoms with van der Waals surface area (Å²) in [6.07, 6.45) is 3.70. The van der Waals surface area contributed by atoms with E-state index in [1.807, 2.05) is 35.0 Å². The van der Waals surface area contributed by atoms with Crippen LogP contribution in [0.4, 0.5) is 4.39 Å². The lowest BCUT2D eigenvalue weighted by Crippen LogP contribution is -2.19. The molecule has 4 aromatic rings. The number of phenols is 1. The Morgan fingerprint density at radius 2 is 2.12 bits per heavy atom. The predicted molar refractivity (Wildman–Crippen MR) is 124 cm³/mol. The molecule has 1 heterocycles. The first kappa shape index (κ1) is 21.0. The third-order valence-corrected chi connectivity index (χ3v) is 6.17. The molecule has 1 unspecified atom stereocenters. The monoisotopic (exact) mass is 445 g/mol. The van der Waals surface area contributed by atoms with Crippen LogP contribution in [0, 0.1) is 5.82 Å². The van der Waals surface area contributed by atoms with Gasteiger partial charge >= 0.3 is 0 Å². The molecular formula is C26H24FN3O3. The van der Waals surface area contributed by atoms with Gasteiger partial charge in [-0.3, -0.25) is 9.48 Å². The normalized spacial score (nSPS) is 14.9. The van der Waals surface area contributed by atoms with Crippen molar-refractivity contribution in [3.05, 3.63) is 77.7 Å². The van der Waals surface area contributed by atoms with Crippen LogP contribution in [-0.4, -0.2) is 27.8 Å². The molecule has 0 saturated carbocycles. The van der Waals surface area contributed by atoms with E-state index in [0.29, 0.717) is 18.5 Å². The van der Waals surface area contributed by atoms with E-state index in [2.05, 4.69) is 16.5 Å². The van der Waals surface area contributed by atoms with E-state index < -0.39 is 5.82 Å². The van der Waals surface area contributed by atoms with E-state index in [-0.39, 0.29) is 17.8 Å². The number of aryl methyl sites for hydroxylation is 2. The summed E-state index contributed by atoms with van der Waals surface area (Å²) in [5.41, 5.74) is 4.82. The highest BCUT2D eigenvalue weighted by Crippen LogP contribution is 2.42. The smallest absolute Gasteiger partial charge is 0.221 e. The molecule has 168 valence electrons. The van der Waals surface area contributed by atoms with Gasteiger partial charge in [0, 0.05) is 24.4 Å². The minimum atomic E-state index is -0.639. The Bertz CT molecular complexity index is 1350. The highest BCUT2D eigenvalue weighted by molar-refractivity contribution is 5.81. The highest BCUT2D eigenvalue weighted by Gasteiger charge is 2.28. The molecule has 0 saturated heterocycles. The van der Waals surface area contributed by atoms with E-state index in [9.17, 15) is 14.3 Å². The molecule has 5 rings (SSSR count). The maximum absolute atomic E-state index is 14.0. The van der Waals surface area contributed by atoms with Gasteiger partial charge in [-0.25, -0.2) is 4.39 Å². The van der Waals surface area contributed by atoms with Gasteiger partial charge in [0.05, 0.1) is 18.3 Å². The standard InChI is InChI=1S/C26H24FN3O3/c1-28-25(32)11-12-30-22-8-7-19(13-18(22)15-29-30)33-24-10-6-16-3-2-4-20(26(16)24)17-5-9-23(31)21(27)14-17/h2-5,7-9,13-15,24,31H,6,10-12H2,1H3,(H,28,32). The number of carbonyl (C=O) groups is 1. The van der Waals surface area contributed by atoms with Gasteiger partial charge in [-0.05, 0) is 59.9 Å². The molecule has 1 atom stereocenters. The van der Waals surface area contributed by atoms with Gasteiger partial charge in [0.2, 0.25) is 5.91 Å². The van der Waals surface area contributed by atoms with Crippen molar-refractivity contribution in [3.63, 3.8) is 0 Å². The summed E-state index contributed by atoms with van der Waals surface area (Å²) >= 11 is 0. The third kappa shape index (κ3) is 4.02. The average Bonchev–Trinajstić information content (AvgIpc) is 3.43. The molecule has 0 spiro atoms. The zero-order valence-corrected chi connectivity index (χ0v) is 18.2.